The minimum absolute atomic E-state index is 0.0471. The van der Waals surface area contributed by atoms with Crippen LogP contribution in [0.1, 0.15) is 44.7 Å². The van der Waals surface area contributed by atoms with Crippen molar-refractivity contribution in [2.24, 2.45) is 5.92 Å². The lowest BCUT2D eigenvalue weighted by Crippen LogP contribution is -2.38. The molecular formula is C21H28N2O5S. The number of sulfone groups is 1. The maximum atomic E-state index is 12.9. The van der Waals surface area contributed by atoms with E-state index in [0.29, 0.717) is 22.9 Å². The van der Waals surface area contributed by atoms with Crippen LogP contribution in [0.2, 0.25) is 0 Å². The van der Waals surface area contributed by atoms with Gasteiger partial charge in [0.2, 0.25) is 5.91 Å². The molecule has 1 amide bonds. The van der Waals surface area contributed by atoms with Gasteiger partial charge in [-0.1, -0.05) is 12.1 Å². The number of carbonyl (C=O) groups is 1. The van der Waals surface area contributed by atoms with Crippen LogP contribution in [0.4, 0.5) is 0 Å². The van der Waals surface area contributed by atoms with E-state index in [2.05, 4.69) is 17.4 Å². The van der Waals surface area contributed by atoms with Gasteiger partial charge in [0, 0.05) is 24.1 Å². The molecule has 1 heterocycles. The maximum Gasteiger partial charge on any atom is 0.221 e. The molecule has 1 fully saturated rings. The van der Waals surface area contributed by atoms with Crippen molar-refractivity contribution >= 4 is 15.7 Å². The molecule has 29 heavy (non-hydrogen) atoms. The van der Waals surface area contributed by atoms with Gasteiger partial charge in [0.15, 0.2) is 15.6 Å². The number of hydrogen-bond donors (Lipinski definition) is 1. The number of aryl methyl sites for hydroxylation is 1. The van der Waals surface area contributed by atoms with Gasteiger partial charge in [0.05, 0.1) is 18.6 Å². The summed E-state index contributed by atoms with van der Waals surface area (Å²) in [7, 11) is -2.30. The fourth-order valence-corrected chi connectivity index (χ4v) is 5.05. The number of aromatic nitrogens is 1. The Morgan fingerprint density at radius 2 is 1.97 bits per heavy atom. The zero-order chi connectivity index (χ0) is 21.0. The van der Waals surface area contributed by atoms with Crippen LogP contribution in [-0.2, 0) is 14.6 Å². The second kappa shape index (κ2) is 8.98. The Hall–Kier alpha value is -2.35. The highest BCUT2D eigenvalue weighted by Crippen LogP contribution is 2.31. The first kappa shape index (κ1) is 21.4. The molecule has 0 unspecified atom stereocenters. The second-order valence-electron chi connectivity index (χ2n) is 7.79. The Balaban J connectivity index is 1.70. The Morgan fingerprint density at radius 1 is 1.24 bits per heavy atom. The van der Waals surface area contributed by atoms with Crippen molar-refractivity contribution in [3.8, 4) is 17.1 Å². The van der Waals surface area contributed by atoms with Crippen molar-refractivity contribution < 1.29 is 22.5 Å². The van der Waals surface area contributed by atoms with Crippen molar-refractivity contribution in [3.05, 3.63) is 30.0 Å². The fraction of sp³-hybridized carbons (Fsp3) is 0.524. The Kier molecular flexibility index (Phi) is 6.62. The molecule has 1 saturated carbocycles. The zero-order valence-electron chi connectivity index (χ0n) is 17.1. The van der Waals surface area contributed by atoms with Crippen LogP contribution in [0, 0.1) is 12.8 Å². The lowest BCUT2D eigenvalue weighted by Gasteiger charge is -2.26. The third-order valence-electron chi connectivity index (χ3n) is 5.39. The molecule has 8 heteroatoms. The molecule has 0 aliphatic heterocycles. The van der Waals surface area contributed by atoms with Crippen molar-refractivity contribution in [2.45, 2.75) is 56.9 Å². The van der Waals surface area contributed by atoms with Crippen LogP contribution in [0.5, 0.6) is 5.75 Å². The van der Waals surface area contributed by atoms with Gasteiger partial charge in [-0.2, -0.15) is 0 Å². The molecule has 1 aliphatic rings. The van der Waals surface area contributed by atoms with E-state index < -0.39 is 9.84 Å². The Bertz CT molecular complexity index is 959. The SMILES string of the molecule is COc1ccc(-c2cc(C)no2)cc1S(=O)(=O)CCC(=O)NC1CCC(C)CC1. The van der Waals surface area contributed by atoms with E-state index in [1.165, 1.54) is 13.2 Å². The molecular weight excluding hydrogens is 392 g/mol. The highest BCUT2D eigenvalue weighted by molar-refractivity contribution is 7.91. The third-order valence-corrected chi connectivity index (χ3v) is 7.12. The predicted molar refractivity (Wildman–Crippen MR) is 109 cm³/mol. The molecule has 3 rings (SSSR count). The highest BCUT2D eigenvalue weighted by Gasteiger charge is 2.24. The van der Waals surface area contributed by atoms with Gasteiger partial charge in [0.1, 0.15) is 10.6 Å². The number of nitrogens with one attached hydrogen (secondary N) is 1. The number of hydrogen-bond acceptors (Lipinski definition) is 6. The number of amides is 1. The molecule has 7 nitrogen and oxygen atoms in total. The molecule has 1 aromatic carbocycles. The minimum atomic E-state index is -3.72. The van der Waals surface area contributed by atoms with Gasteiger partial charge in [0.25, 0.3) is 0 Å². The number of rotatable bonds is 7. The summed E-state index contributed by atoms with van der Waals surface area (Å²) in [5.74, 6) is 0.903. The van der Waals surface area contributed by atoms with E-state index in [0.717, 1.165) is 25.7 Å². The van der Waals surface area contributed by atoms with Crippen LogP contribution < -0.4 is 10.1 Å². The number of carbonyl (C=O) groups excluding carboxylic acids is 1. The molecule has 2 aromatic rings. The monoisotopic (exact) mass is 420 g/mol. The quantitative estimate of drug-likeness (QED) is 0.736. The first-order valence-corrected chi connectivity index (χ1v) is 11.6. The summed E-state index contributed by atoms with van der Waals surface area (Å²) in [4.78, 5) is 12.3. The summed E-state index contributed by atoms with van der Waals surface area (Å²) < 4.78 is 36.3. The summed E-state index contributed by atoms with van der Waals surface area (Å²) in [6.45, 7) is 4.01. The minimum Gasteiger partial charge on any atom is -0.495 e. The van der Waals surface area contributed by atoms with Gasteiger partial charge in [-0.25, -0.2) is 8.42 Å². The van der Waals surface area contributed by atoms with Crippen LogP contribution in [0.15, 0.2) is 33.7 Å². The molecule has 158 valence electrons. The summed E-state index contributed by atoms with van der Waals surface area (Å²) in [6, 6.07) is 6.69. The van der Waals surface area contributed by atoms with E-state index in [1.807, 2.05) is 0 Å². The molecule has 0 radical (unpaired) electrons. The molecule has 0 atom stereocenters. The predicted octanol–water partition coefficient (Wildman–Crippen LogP) is 3.52. The van der Waals surface area contributed by atoms with Crippen molar-refractivity contribution in [3.63, 3.8) is 0 Å². The first-order valence-electron chi connectivity index (χ1n) is 9.92. The topological polar surface area (TPSA) is 98.5 Å². The van der Waals surface area contributed by atoms with Crippen LogP contribution in [0.3, 0.4) is 0 Å². The van der Waals surface area contributed by atoms with Crippen molar-refractivity contribution in [1.82, 2.24) is 10.5 Å². The van der Waals surface area contributed by atoms with Crippen molar-refractivity contribution in [2.75, 3.05) is 12.9 Å². The standard InChI is InChI=1S/C21H28N2O5S/c1-14-4-7-17(8-5-14)22-21(24)10-11-29(25,26)20-13-16(6-9-18(20)27-3)19-12-15(2)23-28-19/h6,9,12-14,17H,4-5,7-8,10-11H2,1-3H3,(H,22,24). The normalized spacial score (nSPS) is 19.7. The van der Waals surface area contributed by atoms with Gasteiger partial charge < -0.3 is 14.6 Å². The van der Waals surface area contributed by atoms with Gasteiger partial charge in [-0.05, 0) is 56.7 Å². The lowest BCUT2D eigenvalue weighted by molar-refractivity contribution is -0.121. The van der Waals surface area contributed by atoms with Gasteiger partial charge >= 0.3 is 0 Å². The van der Waals surface area contributed by atoms with Crippen LogP contribution in [-0.4, -0.2) is 38.4 Å². The summed E-state index contributed by atoms with van der Waals surface area (Å²) in [5, 5.41) is 6.81. The molecule has 1 aliphatic carbocycles. The highest BCUT2D eigenvalue weighted by atomic mass is 32.2. The first-order chi connectivity index (χ1) is 13.8. The molecule has 1 N–H and O–H groups in total. The number of nitrogens with zero attached hydrogens (tertiary/aromatic N) is 1. The van der Waals surface area contributed by atoms with Gasteiger partial charge in [-0.15, -0.1) is 0 Å². The largest absolute Gasteiger partial charge is 0.495 e. The number of methoxy groups -OCH3 is 1. The van der Waals surface area contributed by atoms with Crippen LogP contribution in [0.25, 0.3) is 11.3 Å². The molecule has 0 spiro atoms. The lowest BCUT2D eigenvalue weighted by atomic mass is 9.87. The molecule has 1 aromatic heterocycles. The van der Waals surface area contributed by atoms with E-state index >= 15 is 0 Å². The Morgan fingerprint density at radius 3 is 2.59 bits per heavy atom. The van der Waals surface area contributed by atoms with E-state index in [9.17, 15) is 13.2 Å². The summed E-state index contributed by atoms with van der Waals surface area (Å²) >= 11 is 0. The average molecular weight is 421 g/mol. The average Bonchev–Trinajstić information content (AvgIpc) is 3.14. The number of benzene rings is 1. The molecule has 0 bridgehead atoms. The summed E-state index contributed by atoms with van der Waals surface area (Å²) in [5.41, 5.74) is 1.29. The van der Waals surface area contributed by atoms with E-state index in [-0.39, 0.29) is 34.8 Å². The van der Waals surface area contributed by atoms with Gasteiger partial charge in [-0.3, -0.25) is 4.79 Å². The number of ether oxygens (including phenoxy) is 1. The van der Waals surface area contributed by atoms with Crippen LogP contribution >= 0.6 is 0 Å². The van der Waals surface area contributed by atoms with E-state index in [1.54, 1.807) is 25.1 Å². The molecule has 0 saturated heterocycles. The summed E-state index contributed by atoms with van der Waals surface area (Å²) in [6.07, 6.45) is 4.00. The van der Waals surface area contributed by atoms with Crippen molar-refractivity contribution in [1.29, 1.82) is 0 Å². The Labute approximate surface area is 171 Å². The zero-order valence-corrected chi connectivity index (χ0v) is 17.9. The fourth-order valence-electron chi connectivity index (χ4n) is 3.61. The van der Waals surface area contributed by atoms with E-state index in [4.69, 9.17) is 9.26 Å². The second-order valence-corrected chi connectivity index (χ2v) is 9.87. The smallest absolute Gasteiger partial charge is 0.221 e. The maximum absolute atomic E-state index is 12.9. The third kappa shape index (κ3) is 5.38.